The smallest absolute Gasteiger partial charge is 0.304 e. The number of nitrogens with zero attached hydrogens (tertiary/aromatic N) is 1. The van der Waals surface area contributed by atoms with Crippen LogP contribution in [0, 0.1) is 0 Å². The van der Waals surface area contributed by atoms with Gasteiger partial charge in [-0.15, -0.1) is 12.6 Å². The van der Waals surface area contributed by atoms with Crippen molar-refractivity contribution in [2.45, 2.75) is 12.3 Å². The molecule has 0 aliphatic heterocycles. The topological polar surface area (TPSA) is 80.4 Å². The standard InChI is InChI=1S/C11H8ClNO4S/c12-5-1-2-8-7(3-5)13-10(17-8)6(11(16)18)4-9(14)15/h1-3,6H,4H2,(H,14,15)(H,16,18). The maximum absolute atomic E-state index is 11.3. The second kappa shape index (κ2) is 4.99. The van der Waals surface area contributed by atoms with E-state index in [1.807, 2.05) is 0 Å². The number of aromatic nitrogens is 1. The molecule has 5 nitrogen and oxygen atoms in total. The largest absolute Gasteiger partial charge is 0.481 e. The molecule has 1 aromatic carbocycles. The zero-order chi connectivity index (χ0) is 13.3. The number of carboxylic acid groups (broad SMARTS) is 1. The Balaban J connectivity index is 2.44. The van der Waals surface area contributed by atoms with Crippen molar-refractivity contribution < 1.29 is 19.1 Å². The van der Waals surface area contributed by atoms with Crippen molar-refractivity contribution in [2.75, 3.05) is 0 Å². The third-order valence-corrected chi connectivity index (χ3v) is 2.89. The second-order valence-corrected chi connectivity index (χ2v) is 4.53. The van der Waals surface area contributed by atoms with Gasteiger partial charge in [-0.1, -0.05) is 11.6 Å². The Labute approximate surface area is 112 Å². The van der Waals surface area contributed by atoms with Gasteiger partial charge >= 0.3 is 5.97 Å². The molecule has 0 fully saturated rings. The minimum atomic E-state index is -1.12. The molecule has 0 radical (unpaired) electrons. The number of rotatable bonds is 4. The van der Waals surface area contributed by atoms with Gasteiger partial charge in [-0.2, -0.15) is 0 Å². The highest BCUT2D eigenvalue weighted by Gasteiger charge is 2.26. The Bertz CT molecular complexity index is 625. The van der Waals surface area contributed by atoms with Crippen LogP contribution in [0.4, 0.5) is 0 Å². The molecule has 0 aliphatic rings. The predicted molar refractivity (Wildman–Crippen MR) is 68.0 cm³/mol. The molecule has 2 aromatic rings. The minimum Gasteiger partial charge on any atom is -0.481 e. The van der Waals surface area contributed by atoms with Crippen molar-refractivity contribution in [2.24, 2.45) is 0 Å². The fourth-order valence-electron chi connectivity index (χ4n) is 1.52. The fraction of sp³-hybridized carbons (Fsp3) is 0.182. The van der Waals surface area contributed by atoms with E-state index >= 15 is 0 Å². The van der Waals surface area contributed by atoms with Crippen LogP contribution in [0.25, 0.3) is 11.1 Å². The van der Waals surface area contributed by atoms with E-state index in [2.05, 4.69) is 17.6 Å². The van der Waals surface area contributed by atoms with Crippen LogP contribution in [-0.4, -0.2) is 21.2 Å². The molecular formula is C11H8ClNO4S. The number of benzene rings is 1. The highest BCUT2D eigenvalue weighted by Crippen LogP contribution is 2.27. The first-order valence-electron chi connectivity index (χ1n) is 4.98. The van der Waals surface area contributed by atoms with E-state index in [9.17, 15) is 9.59 Å². The molecule has 0 saturated heterocycles. The molecule has 1 unspecified atom stereocenters. The van der Waals surface area contributed by atoms with Gasteiger partial charge in [0.05, 0.1) is 6.42 Å². The lowest BCUT2D eigenvalue weighted by Gasteiger charge is -2.04. The normalized spacial score (nSPS) is 12.6. The predicted octanol–water partition coefficient (Wildman–Crippen LogP) is 2.50. The van der Waals surface area contributed by atoms with Gasteiger partial charge in [-0.25, -0.2) is 4.98 Å². The lowest BCUT2D eigenvalue weighted by Crippen LogP contribution is -2.12. The Kier molecular flexibility index (Phi) is 3.58. The molecule has 2 rings (SSSR count). The summed E-state index contributed by atoms with van der Waals surface area (Å²) < 4.78 is 5.34. The summed E-state index contributed by atoms with van der Waals surface area (Å²) in [6.45, 7) is 0. The van der Waals surface area contributed by atoms with Gasteiger partial charge in [-0.3, -0.25) is 9.59 Å². The van der Waals surface area contributed by atoms with Crippen molar-refractivity contribution >= 4 is 46.4 Å². The molecule has 7 heteroatoms. The maximum atomic E-state index is 11.3. The number of aliphatic carboxylic acids is 1. The highest BCUT2D eigenvalue weighted by molar-refractivity contribution is 7.96. The van der Waals surface area contributed by atoms with Crippen LogP contribution in [0.1, 0.15) is 18.2 Å². The minimum absolute atomic E-state index is 0.0367. The molecule has 94 valence electrons. The molecule has 18 heavy (non-hydrogen) atoms. The zero-order valence-corrected chi connectivity index (χ0v) is 10.6. The fourth-order valence-corrected chi connectivity index (χ4v) is 1.89. The number of halogens is 1. The Hall–Kier alpha value is -1.53. The van der Waals surface area contributed by atoms with E-state index in [1.54, 1.807) is 18.2 Å². The summed E-state index contributed by atoms with van der Waals surface area (Å²) in [5.74, 6) is -2.09. The highest BCUT2D eigenvalue weighted by atomic mass is 35.5. The number of carbonyl (C=O) groups excluding carboxylic acids is 1. The Morgan fingerprint density at radius 3 is 2.83 bits per heavy atom. The van der Waals surface area contributed by atoms with Crippen LogP contribution in [-0.2, 0) is 9.59 Å². The number of carboxylic acids is 1. The van der Waals surface area contributed by atoms with Crippen LogP contribution in [0.15, 0.2) is 22.6 Å². The first kappa shape index (κ1) is 12.9. The molecular weight excluding hydrogens is 278 g/mol. The lowest BCUT2D eigenvalue weighted by atomic mass is 10.1. The van der Waals surface area contributed by atoms with Crippen LogP contribution >= 0.6 is 24.2 Å². The van der Waals surface area contributed by atoms with Gasteiger partial charge in [0.2, 0.25) is 5.89 Å². The zero-order valence-electron chi connectivity index (χ0n) is 8.96. The van der Waals surface area contributed by atoms with Crippen molar-refractivity contribution in [3.05, 3.63) is 29.1 Å². The van der Waals surface area contributed by atoms with Gasteiger partial charge in [-0.05, 0) is 18.2 Å². The molecule has 1 aromatic heterocycles. The third kappa shape index (κ3) is 2.65. The van der Waals surface area contributed by atoms with Crippen molar-refractivity contribution in [3.8, 4) is 0 Å². The quantitative estimate of drug-likeness (QED) is 0.844. The molecule has 0 amide bonds. The first-order valence-corrected chi connectivity index (χ1v) is 5.80. The van der Waals surface area contributed by atoms with Crippen LogP contribution < -0.4 is 0 Å². The molecule has 0 aliphatic carbocycles. The molecule has 1 N–H and O–H groups in total. The molecule has 1 atom stereocenters. The van der Waals surface area contributed by atoms with Gasteiger partial charge in [0, 0.05) is 5.02 Å². The number of thiol groups is 1. The summed E-state index contributed by atoms with van der Waals surface area (Å²) in [7, 11) is 0. The molecule has 0 spiro atoms. The first-order chi connectivity index (χ1) is 8.47. The summed E-state index contributed by atoms with van der Waals surface area (Å²) in [5, 5.41) is 8.62. The van der Waals surface area contributed by atoms with Crippen LogP contribution in [0.2, 0.25) is 5.02 Å². The second-order valence-electron chi connectivity index (χ2n) is 3.65. The van der Waals surface area contributed by atoms with E-state index in [1.165, 1.54) is 0 Å². The van der Waals surface area contributed by atoms with Gasteiger partial charge in [0.1, 0.15) is 11.4 Å². The molecule has 1 heterocycles. The third-order valence-electron chi connectivity index (χ3n) is 2.34. The summed E-state index contributed by atoms with van der Waals surface area (Å²) in [4.78, 5) is 26.0. The average Bonchev–Trinajstić information content (AvgIpc) is 2.67. The number of carbonyl (C=O) groups is 2. The average molecular weight is 286 g/mol. The number of fused-ring (bicyclic) bond motifs is 1. The van der Waals surface area contributed by atoms with E-state index in [0.717, 1.165) is 0 Å². The van der Waals surface area contributed by atoms with Gasteiger partial charge in [0.25, 0.3) is 0 Å². The van der Waals surface area contributed by atoms with Crippen molar-refractivity contribution in [1.29, 1.82) is 0 Å². The van der Waals surface area contributed by atoms with Crippen LogP contribution in [0.3, 0.4) is 0 Å². The summed E-state index contributed by atoms with van der Waals surface area (Å²) in [6, 6.07) is 4.80. The summed E-state index contributed by atoms with van der Waals surface area (Å²) >= 11 is 9.45. The van der Waals surface area contributed by atoms with Crippen LogP contribution in [0.5, 0.6) is 0 Å². The van der Waals surface area contributed by atoms with E-state index < -0.39 is 23.4 Å². The number of hydrogen-bond acceptors (Lipinski definition) is 4. The van der Waals surface area contributed by atoms with Crippen molar-refractivity contribution in [3.63, 3.8) is 0 Å². The number of oxazole rings is 1. The molecule has 0 saturated carbocycles. The van der Waals surface area contributed by atoms with Crippen molar-refractivity contribution in [1.82, 2.24) is 4.98 Å². The van der Waals surface area contributed by atoms with E-state index in [-0.39, 0.29) is 5.89 Å². The van der Waals surface area contributed by atoms with Gasteiger partial charge in [0.15, 0.2) is 10.7 Å². The van der Waals surface area contributed by atoms with E-state index in [0.29, 0.717) is 16.1 Å². The van der Waals surface area contributed by atoms with Gasteiger partial charge < -0.3 is 9.52 Å². The Morgan fingerprint density at radius 1 is 1.50 bits per heavy atom. The SMILES string of the molecule is O=C(O)CC(C(=O)S)c1nc2cc(Cl)ccc2o1. The van der Waals surface area contributed by atoms with E-state index in [4.69, 9.17) is 21.1 Å². The molecule has 0 bridgehead atoms. The summed E-state index contributed by atoms with van der Waals surface area (Å²) in [5.41, 5.74) is 0.918. The monoisotopic (exact) mass is 285 g/mol. The lowest BCUT2D eigenvalue weighted by molar-refractivity contribution is -0.138. The maximum Gasteiger partial charge on any atom is 0.304 e. The Morgan fingerprint density at radius 2 is 2.22 bits per heavy atom. The summed E-state index contributed by atoms with van der Waals surface area (Å²) in [6.07, 6.45) is -0.414. The number of hydrogen-bond donors (Lipinski definition) is 2.